The number of hydrogen-bond acceptors (Lipinski definition) is 3. The minimum Gasteiger partial charge on any atom is -0.508 e. The highest BCUT2D eigenvalue weighted by Crippen LogP contribution is 2.18. The van der Waals surface area contributed by atoms with E-state index in [0.29, 0.717) is 11.6 Å². The number of carbonyl (C=O) groups excluding carboxylic acids is 1. The van der Waals surface area contributed by atoms with Gasteiger partial charge < -0.3 is 15.3 Å². The minimum absolute atomic E-state index is 0.0321. The zero-order chi connectivity index (χ0) is 13.7. The number of benzene rings is 1. The molecule has 0 aliphatic carbocycles. The smallest absolute Gasteiger partial charge is 0.254 e. The maximum atomic E-state index is 12.6. The van der Waals surface area contributed by atoms with Crippen molar-refractivity contribution in [3.05, 3.63) is 29.8 Å². The number of phenols is 1. The summed E-state index contributed by atoms with van der Waals surface area (Å²) >= 11 is 0. The van der Waals surface area contributed by atoms with Gasteiger partial charge in [0.1, 0.15) is 5.75 Å². The number of aromatic hydroxyl groups is 1. The van der Waals surface area contributed by atoms with Crippen LogP contribution in [0.5, 0.6) is 5.75 Å². The molecule has 4 heteroatoms. The lowest BCUT2D eigenvalue weighted by atomic mass is 10.0. The van der Waals surface area contributed by atoms with Crippen LogP contribution in [0.15, 0.2) is 24.3 Å². The molecule has 0 spiro atoms. The van der Waals surface area contributed by atoms with Crippen LogP contribution in [-0.2, 0) is 0 Å². The van der Waals surface area contributed by atoms with Crippen molar-refractivity contribution in [3.8, 4) is 5.75 Å². The fraction of sp³-hybridized carbons (Fsp3) is 0.533. The third-order valence-corrected chi connectivity index (χ3v) is 3.57. The molecule has 1 saturated heterocycles. The summed E-state index contributed by atoms with van der Waals surface area (Å²) in [5.41, 5.74) is 0.576. The van der Waals surface area contributed by atoms with E-state index in [9.17, 15) is 9.90 Å². The Morgan fingerprint density at radius 2 is 2.16 bits per heavy atom. The van der Waals surface area contributed by atoms with Gasteiger partial charge in [-0.15, -0.1) is 0 Å². The second-order valence-corrected chi connectivity index (χ2v) is 5.03. The molecule has 0 radical (unpaired) electrons. The molecule has 2 rings (SSSR count). The number of phenolic OH excluding ortho intramolecular Hbond substituents is 1. The average molecular weight is 262 g/mol. The van der Waals surface area contributed by atoms with E-state index in [2.05, 4.69) is 12.2 Å². The van der Waals surface area contributed by atoms with Crippen LogP contribution in [-0.4, -0.2) is 41.6 Å². The molecule has 0 saturated carbocycles. The normalized spacial score (nSPS) is 16.3. The van der Waals surface area contributed by atoms with Crippen LogP contribution in [0.3, 0.4) is 0 Å². The van der Waals surface area contributed by atoms with Gasteiger partial charge in [-0.25, -0.2) is 0 Å². The Morgan fingerprint density at radius 1 is 1.42 bits per heavy atom. The molecule has 2 N–H and O–H groups in total. The predicted molar refractivity (Wildman–Crippen MR) is 75.3 cm³/mol. The molecule has 1 heterocycles. The molecule has 19 heavy (non-hydrogen) atoms. The highest BCUT2D eigenvalue weighted by molar-refractivity contribution is 5.94. The summed E-state index contributed by atoms with van der Waals surface area (Å²) in [5, 5.41) is 12.8. The minimum atomic E-state index is 0.0321. The highest BCUT2D eigenvalue weighted by Gasteiger charge is 2.25. The van der Waals surface area contributed by atoms with Crippen LogP contribution in [0.2, 0.25) is 0 Å². The van der Waals surface area contributed by atoms with Gasteiger partial charge in [-0.05, 0) is 50.6 Å². The first-order valence-corrected chi connectivity index (χ1v) is 7.03. The largest absolute Gasteiger partial charge is 0.508 e. The Kier molecular flexibility index (Phi) is 4.80. The number of nitrogens with zero attached hydrogens (tertiary/aromatic N) is 1. The Bertz CT molecular complexity index is 428. The quantitative estimate of drug-likeness (QED) is 0.872. The summed E-state index contributed by atoms with van der Waals surface area (Å²) in [7, 11) is 0. The van der Waals surface area contributed by atoms with Crippen molar-refractivity contribution in [1.82, 2.24) is 10.2 Å². The molecule has 104 valence electrons. The number of amides is 1. The van der Waals surface area contributed by atoms with Gasteiger partial charge in [0.2, 0.25) is 0 Å². The average Bonchev–Trinajstić information content (AvgIpc) is 2.45. The molecule has 0 atom stereocenters. The second-order valence-electron chi connectivity index (χ2n) is 5.03. The SMILES string of the molecule is CCCN(C(=O)c1cccc(O)c1)C1CCNCC1. The maximum Gasteiger partial charge on any atom is 0.254 e. The summed E-state index contributed by atoms with van der Waals surface area (Å²) in [6.07, 6.45) is 2.96. The number of rotatable bonds is 4. The van der Waals surface area contributed by atoms with Crippen molar-refractivity contribution in [2.75, 3.05) is 19.6 Å². The highest BCUT2D eigenvalue weighted by atomic mass is 16.3. The number of hydrogen-bond donors (Lipinski definition) is 2. The summed E-state index contributed by atoms with van der Waals surface area (Å²) in [6.45, 7) is 4.80. The predicted octanol–water partition coefficient (Wildman–Crippen LogP) is 2.00. The van der Waals surface area contributed by atoms with Gasteiger partial charge in [0.25, 0.3) is 5.91 Å². The first-order chi connectivity index (χ1) is 9.22. The van der Waals surface area contributed by atoms with Gasteiger partial charge in [-0.2, -0.15) is 0 Å². The van der Waals surface area contributed by atoms with E-state index >= 15 is 0 Å². The molecule has 0 bridgehead atoms. The van der Waals surface area contributed by atoms with Gasteiger partial charge >= 0.3 is 0 Å². The van der Waals surface area contributed by atoms with Crippen LogP contribution < -0.4 is 5.32 Å². The molecular weight excluding hydrogens is 240 g/mol. The van der Waals surface area contributed by atoms with E-state index in [0.717, 1.165) is 38.9 Å². The zero-order valence-corrected chi connectivity index (χ0v) is 11.4. The van der Waals surface area contributed by atoms with Gasteiger partial charge in [-0.1, -0.05) is 13.0 Å². The summed E-state index contributed by atoms with van der Waals surface area (Å²) < 4.78 is 0. The summed E-state index contributed by atoms with van der Waals surface area (Å²) in [5.74, 6) is 0.178. The zero-order valence-electron chi connectivity index (χ0n) is 11.4. The van der Waals surface area contributed by atoms with Crippen LogP contribution in [0.4, 0.5) is 0 Å². The Hall–Kier alpha value is -1.55. The third-order valence-electron chi connectivity index (χ3n) is 3.57. The Morgan fingerprint density at radius 3 is 2.79 bits per heavy atom. The van der Waals surface area contributed by atoms with Crippen LogP contribution in [0.1, 0.15) is 36.5 Å². The molecule has 4 nitrogen and oxygen atoms in total. The van der Waals surface area contributed by atoms with E-state index < -0.39 is 0 Å². The first kappa shape index (κ1) is 13.9. The van der Waals surface area contributed by atoms with Gasteiger partial charge in [0.05, 0.1) is 0 Å². The lowest BCUT2D eigenvalue weighted by Gasteiger charge is -2.34. The fourth-order valence-electron chi connectivity index (χ4n) is 2.61. The number of piperidine rings is 1. The molecule has 1 aromatic rings. The molecule has 1 aliphatic rings. The van der Waals surface area contributed by atoms with Crippen LogP contribution >= 0.6 is 0 Å². The molecule has 1 amide bonds. The lowest BCUT2D eigenvalue weighted by molar-refractivity contribution is 0.0642. The van der Waals surface area contributed by atoms with Crippen molar-refractivity contribution in [1.29, 1.82) is 0 Å². The van der Waals surface area contributed by atoms with E-state index in [1.807, 2.05) is 4.90 Å². The Labute approximate surface area is 114 Å². The van der Waals surface area contributed by atoms with Gasteiger partial charge in [0.15, 0.2) is 0 Å². The maximum absolute atomic E-state index is 12.6. The van der Waals surface area contributed by atoms with Gasteiger partial charge in [0, 0.05) is 18.2 Å². The lowest BCUT2D eigenvalue weighted by Crippen LogP contribution is -2.46. The van der Waals surface area contributed by atoms with Crippen molar-refractivity contribution >= 4 is 5.91 Å². The van der Waals surface area contributed by atoms with Crippen molar-refractivity contribution in [2.45, 2.75) is 32.2 Å². The molecule has 1 aromatic carbocycles. The van der Waals surface area contributed by atoms with E-state index in [1.165, 1.54) is 0 Å². The van der Waals surface area contributed by atoms with Crippen LogP contribution in [0, 0.1) is 0 Å². The van der Waals surface area contributed by atoms with E-state index in [-0.39, 0.29) is 11.7 Å². The number of carbonyl (C=O) groups is 1. The van der Waals surface area contributed by atoms with E-state index in [1.54, 1.807) is 24.3 Å². The van der Waals surface area contributed by atoms with Crippen LogP contribution in [0.25, 0.3) is 0 Å². The molecule has 1 aliphatic heterocycles. The summed E-state index contributed by atoms with van der Waals surface area (Å²) in [6, 6.07) is 6.94. The number of nitrogens with one attached hydrogen (secondary N) is 1. The summed E-state index contributed by atoms with van der Waals surface area (Å²) in [4.78, 5) is 14.5. The standard InChI is InChI=1S/C15H22N2O2/c1-2-10-17(13-6-8-16-9-7-13)15(19)12-4-3-5-14(18)11-12/h3-5,11,13,16,18H,2,6-10H2,1H3. The molecule has 0 unspecified atom stereocenters. The molecule has 1 fully saturated rings. The fourth-order valence-corrected chi connectivity index (χ4v) is 2.61. The monoisotopic (exact) mass is 262 g/mol. The van der Waals surface area contributed by atoms with Crippen molar-refractivity contribution in [3.63, 3.8) is 0 Å². The van der Waals surface area contributed by atoms with Gasteiger partial charge in [-0.3, -0.25) is 4.79 Å². The topological polar surface area (TPSA) is 52.6 Å². The Balaban J connectivity index is 2.15. The first-order valence-electron chi connectivity index (χ1n) is 7.03. The van der Waals surface area contributed by atoms with Crippen molar-refractivity contribution < 1.29 is 9.90 Å². The van der Waals surface area contributed by atoms with Crippen molar-refractivity contribution in [2.24, 2.45) is 0 Å². The third kappa shape index (κ3) is 3.47. The molecular formula is C15H22N2O2. The second kappa shape index (κ2) is 6.57. The van der Waals surface area contributed by atoms with E-state index in [4.69, 9.17) is 0 Å². The molecule has 0 aromatic heterocycles.